The lowest BCUT2D eigenvalue weighted by Gasteiger charge is -2.26. The molecule has 3 saturated heterocycles. The van der Waals surface area contributed by atoms with E-state index in [4.69, 9.17) is 14.2 Å². The molecule has 7 atom stereocenters. The van der Waals surface area contributed by atoms with Gasteiger partial charge in [0.1, 0.15) is 30.0 Å². The number of Topliss-reactive ketones (excluding diaryl/α,β-unsaturated/α-hetero) is 1. The van der Waals surface area contributed by atoms with E-state index in [0.717, 1.165) is 12.0 Å². The van der Waals surface area contributed by atoms with Crippen molar-refractivity contribution in [1.82, 2.24) is 5.32 Å². The molecule has 7 heteroatoms. The molecule has 30 heavy (non-hydrogen) atoms. The maximum Gasteiger partial charge on any atom is 0.244 e. The summed E-state index contributed by atoms with van der Waals surface area (Å²) in [5, 5.41) is 13.2. The van der Waals surface area contributed by atoms with Gasteiger partial charge in [0.05, 0.1) is 6.04 Å². The Bertz CT molecular complexity index is 726. The molecule has 0 aromatic heterocycles. The number of fused-ring (bicyclic) bond motifs is 4. The number of nitrogens with one attached hydrogen (secondary N) is 1. The molecule has 2 N–H and O–H groups in total. The van der Waals surface area contributed by atoms with E-state index in [-0.39, 0.29) is 23.9 Å². The number of ether oxygens (including phenoxy) is 3. The molecule has 7 unspecified atom stereocenters. The van der Waals surface area contributed by atoms with Gasteiger partial charge in [0.25, 0.3) is 0 Å². The Labute approximate surface area is 177 Å². The van der Waals surface area contributed by atoms with Crippen molar-refractivity contribution < 1.29 is 28.9 Å². The molecular weight excluding hydrogens is 386 g/mol. The van der Waals surface area contributed by atoms with Crippen LogP contribution in [0.25, 0.3) is 0 Å². The number of amides is 1. The summed E-state index contributed by atoms with van der Waals surface area (Å²) >= 11 is 0. The van der Waals surface area contributed by atoms with Crippen LogP contribution in [0.1, 0.15) is 59.3 Å². The summed E-state index contributed by atoms with van der Waals surface area (Å²) in [6.07, 6.45) is 9.12. The number of carbonyl (C=O) groups excluding carboxylic acids is 2. The van der Waals surface area contributed by atoms with Crippen LogP contribution in [0.5, 0.6) is 0 Å². The fraction of sp³-hybridized carbons (Fsp3) is 0.739. The minimum atomic E-state index is -1.15. The molecule has 1 spiro atoms. The van der Waals surface area contributed by atoms with E-state index in [1.165, 1.54) is 31.8 Å². The van der Waals surface area contributed by atoms with Crippen molar-refractivity contribution in [2.75, 3.05) is 0 Å². The fourth-order valence-corrected chi connectivity index (χ4v) is 4.93. The maximum atomic E-state index is 12.4. The highest BCUT2D eigenvalue weighted by molar-refractivity contribution is 5.94. The second-order valence-corrected chi connectivity index (χ2v) is 9.21. The topological polar surface area (TPSA) is 101 Å². The highest BCUT2D eigenvalue weighted by Crippen LogP contribution is 2.57. The smallest absolute Gasteiger partial charge is 0.244 e. The van der Waals surface area contributed by atoms with Crippen LogP contribution in [0, 0.1) is 5.92 Å². The van der Waals surface area contributed by atoms with Crippen LogP contribution < -0.4 is 5.32 Å². The molecule has 0 aromatic rings. The fourth-order valence-electron chi connectivity index (χ4n) is 4.93. The standard InChI is InChI=1S/C23H33NO6/c1-4-5-6-7-8-13(2)11-14(3)9-10-16(25)24-15-12-23(30-22(15)27)20-18(28-20)17(26)19-21(23)29-19/h9-11,13,15,18-22,27H,4-8,12H2,1-3H3,(H,24,25)/b10-9+,14-11+. The number of allylic oxidation sites excluding steroid dienone is 3. The zero-order valence-electron chi connectivity index (χ0n) is 18.0. The van der Waals surface area contributed by atoms with E-state index in [0.29, 0.717) is 12.3 Å². The van der Waals surface area contributed by atoms with Gasteiger partial charge < -0.3 is 24.6 Å². The highest BCUT2D eigenvalue weighted by atomic mass is 16.7. The zero-order valence-corrected chi connectivity index (χ0v) is 18.0. The lowest BCUT2D eigenvalue weighted by Crippen LogP contribution is -2.49. The van der Waals surface area contributed by atoms with Crippen molar-refractivity contribution in [2.24, 2.45) is 5.92 Å². The molecule has 0 radical (unpaired) electrons. The Balaban J connectivity index is 1.26. The number of unbranched alkanes of at least 4 members (excludes halogenated alkanes) is 3. The summed E-state index contributed by atoms with van der Waals surface area (Å²) in [5.41, 5.74) is 0.204. The number of aliphatic hydroxyl groups excluding tert-OH is 1. The number of hydrogen-bond donors (Lipinski definition) is 2. The van der Waals surface area contributed by atoms with Crippen LogP contribution in [-0.2, 0) is 23.8 Å². The Morgan fingerprint density at radius 1 is 1.23 bits per heavy atom. The molecule has 1 aliphatic carbocycles. The minimum absolute atomic E-state index is 0.0361. The van der Waals surface area contributed by atoms with Gasteiger partial charge in [0.15, 0.2) is 12.1 Å². The number of carbonyl (C=O) groups is 2. The number of epoxide rings is 2. The number of ketones is 1. The number of aliphatic hydroxyl groups is 1. The van der Waals surface area contributed by atoms with Gasteiger partial charge in [-0.1, -0.05) is 57.3 Å². The van der Waals surface area contributed by atoms with Gasteiger partial charge in [0, 0.05) is 12.5 Å². The molecule has 7 nitrogen and oxygen atoms in total. The predicted molar refractivity (Wildman–Crippen MR) is 110 cm³/mol. The number of rotatable bonds is 9. The van der Waals surface area contributed by atoms with Crippen LogP contribution in [0.15, 0.2) is 23.8 Å². The van der Waals surface area contributed by atoms with E-state index < -0.39 is 30.1 Å². The lowest BCUT2D eigenvalue weighted by molar-refractivity contribution is -0.159. The zero-order chi connectivity index (χ0) is 21.5. The van der Waals surface area contributed by atoms with Gasteiger partial charge in [-0.2, -0.15) is 0 Å². The first-order valence-electron chi connectivity index (χ1n) is 11.2. The molecule has 0 bridgehead atoms. The van der Waals surface area contributed by atoms with Gasteiger partial charge in [-0.3, -0.25) is 9.59 Å². The molecule has 166 valence electrons. The lowest BCUT2D eigenvalue weighted by atomic mass is 9.81. The maximum absolute atomic E-state index is 12.4. The van der Waals surface area contributed by atoms with E-state index in [1.807, 2.05) is 6.92 Å². The van der Waals surface area contributed by atoms with Crippen LogP contribution in [0.4, 0.5) is 0 Å². The summed E-state index contributed by atoms with van der Waals surface area (Å²) in [6, 6.07) is -0.563. The van der Waals surface area contributed by atoms with Crippen molar-refractivity contribution in [2.45, 2.75) is 102 Å². The van der Waals surface area contributed by atoms with Crippen LogP contribution in [0.3, 0.4) is 0 Å². The van der Waals surface area contributed by atoms with Crippen molar-refractivity contribution in [3.63, 3.8) is 0 Å². The largest absolute Gasteiger partial charge is 0.366 e. The summed E-state index contributed by atoms with van der Waals surface area (Å²) in [6.45, 7) is 6.40. The van der Waals surface area contributed by atoms with Crippen LogP contribution >= 0.6 is 0 Å². The summed E-state index contributed by atoms with van der Waals surface area (Å²) in [4.78, 5) is 24.3. The third kappa shape index (κ3) is 4.26. The molecule has 0 aromatic carbocycles. The van der Waals surface area contributed by atoms with Crippen molar-refractivity contribution in [1.29, 1.82) is 0 Å². The summed E-state index contributed by atoms with van der Waals surface area (Å²) < 4.78 is 16.8. The van der Waals surface area contributed by atoms with E-state index >= 15 is 0 Å². The molecule has 4 aliphatic rings. The van der Waals surface area contributed by atoms with Gasteiger partial charge in [-0.25, -0.2) is 0 Å². The minimum Gasteiger partial charge on any atom is -0.366 e. The van der Waals surface area contributed by atoms with E-state index in [9.17, 15) is 14.7 Å². The third-order valence-corrected chi connectivity index (χ3v) is 6.62. The summed E-state index contributed by atoms with van der Waals surface area (Å²) in [7, 11) is 0. The Morgan fingerprint density at radius 3 is 2.60 bits per heavy atom. The van der Waals surface area contributed by atoms with Gasteiger partial charge in [-0.15, -0.1) is 0 Å². The van der Waals surface area contributed by atoms with Gasteiger partial charge >= 0.3 is 0 Å². The highest BCUT2D eigenvalue weighted by Gasteiger charge is 2.79. The summed E-state index contributed by atoms with van der Waals surface area (Å²) in [5.74, 6) is 0.161. The Kier molecular flexibility index (Phi) is 6.17. The normalized spacial score (nSPS) is 40.4. The molecule has 4 rings (SSSR count). The molecule has 4 fully saturated rings. The Morgan fingerprint density at radius 2 is 1.93 bits per heavy atom. The van der Waals surface area contributed by atoms with E-state index in [1.54, 1.807) is 6.08 Å². The van der Waals surface area contributed by atoms with Crippen LogP contribution in [-0.4, -0.2) is 59.1 Å². The first-order chi connectivity index (χ1) is 14.4. The molecule has 1 amide bonds. The molecular formula is C23H33NO6. The van der Waals surface area contributed by atoms with Crippen LogP contribution in [0.2, 0.25) is 0 Å². The first kappa shape index (κ1) is 21.7. The molecule has 3 heterocycles. The Hall–Kier alpha value is -1.54. The quantitative estimate of drug-likeness (QED) is 0.257. The van der Waals surface area contributed by atoms with Crippen molar-refractivity contribution in [3.8, 4) is 0 Å². The monoisotopic (exact) mass is 419 g/mol. The molecule has 3 aliphatic heterocycles. The van der Waals surface area contributed by atoms with Gasteiger partial charge in [0.2, 0.25) is 5.91 Å². The molecule has 1 saturated carbocycles. The predicted octanol–water partition coefficient (Wildman–Crippen LogP) is 2.18. The average Bonchev–Trinajstić information content (AvgIpc) is 3.60. The van der Waals surface area contributed by atoms with Crippen molar-refractivity contribution >= 4 is 11.7 Å². The van der Waals surface area contributed by atoms with Gasteiger partial charge in [-0.05, 0) is 19.3 Å². The van der Waals surface area contributed by atoms with Crippen molar-refractivity contribution in [3.05, 3.63) is 23.8 Å². The number of hydrogen-bond acceptors (Lipinski definition) is 6. The third-order valence-electron chi connectivity index (χ3n) is 6.62. The average molecular weight is 420 g/mol. The second kappa shape index (κ2) is 8.54. The first-order valence-corrected chi connectivity index (χ1v) is 11.2. The second-order valence-electron chi connectivity index (χ2n) is 9.21. The van der Waals surface area contributed by atoms with E-state index in [2.05, 4.69) is 25.2 Å². The SMILES string of the molecule is CCCCCCC(C)/C=C(C)/C=C/C(=O)NC1CC2(OC1O)C1OC1C(=O)C1OC12.